The van der Waals surface area contributed by atoms with E-state index >= 15 is 0 Å². The lowest BCUT2D eigenvalue weighted by Gasteiger charge is -2.21. The summed E-state index contributed by atoms with van der Waals surface area (Å²) in [6, 6.07) is 0. The molecule has 1 aliphatic rings. The molecular formula is C9H16O2. The van der Waals surface area contributed by atoms with Crippen molar-refractivity contribution in [3.63, 3.8) is 0 Å². The van der Waals surface area contributed by atoms with E-state index in [0.29, 0.717) is 5.92 Å². The summed E-state index contributed by atoms with van der Waals surface area (Å²) in [5.41, 5.74) is 0. The van der Waals surface area contributed by atoms with Crippen molar-refractivity contribution >= 4 is 0 Å². The average Bonchev–Trinajstić information content (AvgIpc) is 2.13. The summed E-state index contributed by atoms with van der Waals surface area (Å²) < 4.78 is 10.9. The van der Waals surface area contributed by atoms with Crippen molar-refractivity contribution in [2.24, 2.45) is 5.92 Å². The third kappa shape index (κ3) is 2.54. The van der Waals surface area contributed by atoms with Crippen LogP contribution in [0.5, 0.6) is 0 Å². The zero-order valence-corrected chi connectivity index (χ0v) is 7.41. The third-order valence-corrected chi connectivity index (χ3v) is 1.69. The van der Waals surface area contributed by atoms with E-state index in [0.717, 1.165) is 6.42 Å². The molecule has 1 heterocycles. The molecule has 1 rings (SSSR count). The van der Waals surface area contributed by atoms with E-state index in [1.165, 1.54) is 0 Å². The van der Waals surface area contributed by atoms with Gasteiger partial charge in [0.2, 0.25) is 6.29 Å². The Morgan fingerprint density at radius 3 is 2.82 bits per heavy atom. The quantitative estimate of drug-likeness (QED) is 0.580. The molecule has 0 fully saturated rings. The summed E-state index contributed by atoms with van der Waals surface area (Å²) in [7, 11) is 0. The van der Waals surface area contributed by atoms with Gasteiger partial charge in [0, 0.05) is 5.92 Å². The molecule has 0 aromatic carbocycles. The van der Waals surface area contributed by atoms with Gasteiger partial charge in [0.05, 0.1) is 12.4 Å². The summed E-state index contributed by atoms with van der Waals surface area (Å²) >= 11 is 0. The van der Waals surface area contributed by atoms with Gasteiger partial charge in [-0.15, -0.1) is 0 Å². The number of rotatable bonds is 1. The topological polar surface area (TPSA) is 18.5 Å². The van der Waals surface area contributed by atoms with Crippen molar-refractivity contribution in [3.8, 4) is 0 Å². The van der Waals surface area contributed by atoms with Crippen LogP contribution < -0.4 is 0 Å². The first-order chi connectivity index (χ1) is 5.20. The highest BCUT2D eigenvalue weighted by atomic mass is 16.7. The maximum Gasteiger partial charge on any atom is 0.201 e. The summed E-state index contributed by atoms with van der Waals surface area (Å²) in [6.45, 7) is 6.25. The first-order valence-corrected chi connectivity index (χ1v) is 4.16. The smallest absolute Gasteiger partial charge is 0.201 e. The Balaban J connectivity index is 2.47. The Labute approximate surface area is 68.2 Å². The molecule has 11 heavy (non-hydrogen) atoms. The molecule has 1 aliphatic heterocycles. The molecular weight excluding hydrogens is 140 g/mol. The zero-order valence-electron chi connectivity index (χ0n) is 7.41. The van der Waals surface area contributed by atoms with Gasteiger partial charge in [-0.3, -0.25) is 0 Å². The van der Waals surface area contributed by atoms with E-state index < -0.39 is 0 Å². The molecule has 0 bridgehead atoms. The minimum atomic E-state index is -0.0660. The van der Waals surface area contributed by atoms with Crippen molar-refractivity contribution in [1.29, 1.82) is 0 Å². The minimum Gasteiger partial charge on any atom is -0.473 e. The largest absolute Gasteiger partial charge is 0.473 e. The molecule has 0 saturated heterocycles. The first kappa shape index (κ1) is 8.60. The molecule has 0 aromatic rings. The zero-order chi connectivity index (χ0) is 8.27. The molecule has 0 saturated carbocycles. The Hall–Kier alpha value is -0.500. The maximum absolute atomic E-state index is 5.59. The van der Waals surface area contributed by atoms with E-state index in [9.17, 15) is 0 Å². The molecule has 64 valence electrons. The van der Waals surface area contributed by atoms with E-state index in [-0.39, 0.29) is 12.4 Å². The second-order valence-corrected chi connectivity index (χ2v) is 3.30. The normalized spacial score (nSPS) is 31.6. The summed E-state index contributed by atoms with van der Waals surface area (Å²) in [6.07, 6.45) is 4.91. The lowest BCUT2D eigenvalue weighted by Crippen LogP contribution is -2.24. The van der Waals surface area contributed by atoms with Crippen LogP contribution in [0.2, 0.25) is 0 Å². The molecule has 0 aliphatic carbocycles. The van der Waals surface area contributed by atoms with Crippen LogP contribution in [-0.4, -0.2) is 12.4 Å². The SMILES string of the molecule is CC(C)[C@H]1OC=CC[C@@H](C)O1. The Bertz CT molecular complexity index is 140. The monoisotopic (exact) mass is 156 g/mol. The predicted octanol–water partition coefficient (Wildman–Crippen LogP) is 2.31. The maximum atomic E-state index is 5.59. The minimum absolute atomic E-state index is 0.0660. The van der Waals surface area contributed by atoms with E-state index in [1.54, 1.807) is 6.26 Å². The predicted molar refractivity (Wildman–Crippen MR) is 44.0 cm³/mol. The van der Waals surface area contributed by atoms with Crippen molar-refractivity contribution < 1.29 is 9.47 Å². The van der Waals surface area contributed by atoms with Gasteiger partial charge in [0.25, 0.3) is 0 Å². The van der Waals surface area contributed by atoms with Gasteiger partial charge < -0.3 is 9.47 Å². The number of ether oxygens (including phenoxy) is 2. The fraction of sp³-hybridized carbons (Fsp3) is 0.778. The van der Waals surface area contributed by atoms with Crippen LogP contribution in [0.4, 0.5) is 0 Å². The number of hydrogen-bond donors (Lipinski definition) is 0. The van der Waals surface area contributed by atoms with Crippen molar-refractivity contribution in [1.82, 2.24) is 0 Å². The van der Waals surface area contributed by atoms with Crippen LogP contribution in [0.25, 0.3) is 0 Å². The third-order valence-electron chi connectivity index (χ3n) is 1.69. The highest BCUT2D eigenvalue weighted by molar-refractivity contribution is 4.80. The van der Waals surface area contributed by atoms with Crippen molar-refractivity contribution in [2.75, 3.05) is 0 Å². The van der Waals surface area contributed by atoms with Crippen LogP contribution in [0, 0.1) is 5.92 Å². The van der Waals surface area contributed by atoms with Gasteiger partial charge in [-0.1, -0.05) is 13.8 Å². The van der Waals surface area contributed by atoms with Gasteiger partial charge in [-0.2, -0.15) is 0 Å². The van der Waals surface area contributed by atoms with Crippen molar-refractivity contribution in [3.05, 3.63) is 12.3 Å². The lowest BCUT2D eigenvalue weighted by atomic mass is 10.2. The second-order valence-electron chi connectivity index (χ2n) is 3.30. The Morgan fingerprint density at radius 1 is 1.45 bits per heavy atom. The highest BCUT2D eigenvalue weighted by Crippen LogP contribution is 2.16. The van der Waals surface area contributed by atoms with Gasteiger partial charge in [-0.25, -0.2) is 0 Å². The summed E-state index contributed by atoms with van der Waals surface area (Å²) in [5.74, 6) is 0.417. The Morgan fingerprint density at radius 2 is 2.18 bits per heavy atom. The molecule has 0 radical (unpaired) electrons. The molecule has 0 aromatic heterocycles. The van der Waals surface area contributed by atoms with Crippen LogP contribution in [0.15, 0.2) is 12.3 Å². The van der Waals surface area contributed by atoms with E-state index in [4.69, 9.17) is 9.47 Å². The Kier molecular flexibility index (Phi) is 2.94. The van der Waals surface area contributed by atoms with E-state index in [2.05, 4.69) is 20.8 Å². The molecule has 0 N–H and O–H groups in total. The van der Waals surface area contributed by atoms with Gasteiger partial charge in [-0.05, 0) is 19.4 Å². The second kappa shape index (κ2) is 3.77. The standard InChI is InChI=1S/C9H16O2/c1-7(2)9-10-6-4-5-8(3)11-9/h4,6-9H,5H2,1-3H3/t8-,9+/m1/s1. The lowest BCUT2D eigenvalue weighted by molar-refractivity contribution is -0.152. The fourth-order valence-electron chi connectivity index (χ4n) is 1.01. The van der Waals surface area contributed by atoms with Crippen LogP contribution >= 0.6 is 0 Å². The highest BCUT2D eigenvalue weighted by Gasteiger charge is 2.18. The molecule has 2 heteroatoms. The molecule has 0 unspecified atom stereocenters. The number of hydrogen-bond acceptors (Lipinski definition) is 2. The first-order valence-electron chi connectivity index (χ1n) is 4.16. The van der Waals surface area contributed by atoms with E-state index in [1.807, 2.05) is 6.08 Å². The molecule has 2 nitrogen and oxygen atoms in total. The van der Waals surface area contributed by atoms with Crippen LogP contribution in [0.1, 0.15) is 27.2 Å². The van der Waals surface area contributed by atoms with Crippen LogP contribution in [0.3, 0.4) is 0 Å². The van der Waals surface area contributed by atoms with Gasteiger partial charge in [0.1, 0.15) is 0 Å². The van der Waals surface area contributed by atoms with Gasteiger partial charge >= 0.3 is 0 Å². The van der Waals surface area contributed by atoms with Gasteiger partial charge in [0.15, 0.2) is 0 Å². The fourth-order valence-corrected chi connectivity index (χ4v) is 1.01. The molecule has 0 spiro atoms. The molecule has 0 amide bonds. The van der Waals surface area contributed by atoms with Crippen molar-refractivity contribution in [2.45, 2.75) is 39.6 Å². The average molecular weight is 156 g/mol. The summed E-state index contributed by atoms with van der Waals surface area (Å²) in [5, 5.41) is 0. The summed E-state index contributed by atoms with van der Waals surface area (Å²) in [4.78, 5) is 0. The van der Waals surface area contributed by atoms with Crippen LogP contribution in [-0.2, 0) is 9.47 Å². The molecule has 2 atom stereocenters.